The maximum absolute atomic E-state index is 11.2. The van der Waals surface area contributed by atoms with Crippen LogP contribution < -0.4 is 10.2 Å². The second kappa shape index (κ2) is 9.66. The van der Waals surface area contributed by atoms with Gasteiger partial charge in [0, 0.05) is 18.0 Å². The summed E-state index contributed by atoms with van der Waals surface area (Å²) in [6.07, 6.45) is -0.972. The zero-order valence-electron chi connectivity index (χ0n) is 16.5. The molecular weight excluding hydrogens is 388 g/mol. The van der Waals surface area contributed by atoms with E-state index in [9.17, 15) is 10.1 Å². The fourth-order valence-corrected chi connectivity index (χ4v) is 3.35. The highest BCUT2D eigenvalue weighted by molar-refractivity contribution is 5.81. The van der Waals surface area contributed by atoms with Crippen molar-refractivity contribution in [3.8, 4) is 11.1 Å². The predicted molar refractivity (Wildman–Crippen MR) is 112 cm³/mol. The number of fused-ring (bicyclic) bond motifs is 1. The number of nitrogens with one attached hydrogen (secondary N) is 1. The summed E-state index contributed by atoms with van der Waals surface area (Å²) < 4.78 is 15.9. The summed E-state index contributed by atoms with van der Waals surface area (Å²) in [6.45, 7) is 4.66. The van der Waals surface area contributed by atoms with Crippen molar-refractivity contribution in [2.75, 3.05) is 51.0 Å². The normalized spacial score (nSPS) is 19.2. The van der Waals surface area contributed by atoms with Gasteiger partial charge in [0.2, 0.25) is 0 Å². The number of oxazole rings is 1. The number of nitrogens with zero attached hydrogens (tertiary/aromatic N) is 3. The van der Waals surface area contributed by atoms with Crippen LogP contribution in [0.15, 0.2) is 52.9 Å². The third-order valence-electron chi connectivity index (χ3n) is 4.92. The van der Waals surface area contributed by atoms with E-state index in [0.717, 1.165) is 37.4 Å². The predicted octanol–water partition coefficient (Wildman–Crippen LogP) is 2.54. The maximum Gasteiger partial charge on any atom is 0.313 e. The summed E-state index contributed by atoms with van der Waals surface area (Å²) in [5, 5.41) is 14.4. The molecule has 0 amide bonds. The van der Waals surface area contributed by atoms with Crippen LogP contribution >= 0.6 is 0 Å². The molecule has 9 heteroatoms. The first kappa shape index (κ1) is 20.3. The number of benzene rings is 2. The van der Waals surface area contributed by atoms with Crippen molar-refractivity contribution in [1.82, 2.24) is 10.3 Å². The molecule has 30 heavy (non-hydrogen) atoms. The van der Waals surface area contributed by atoms with Crippen LogP contribution in [0.1, 0.15) is 0 Å². The Bertz CT molecular complexity index is 962. The number of morpholine rings is 2. The van der Waals surface area contributed by atoms with Gasteiger partial charge in [-0.05, 0) is 23.3 Å². The molecule has 1 atom stereocenters. The Morgan fingerprint density at radius 3 is 2.50 bits per heavy atom. The number of nitro groups is 1. The number of hydrogen-bond acceptors (Lipinski definition) is 8. The zero-order valence-corrected chi connectivity index (χ0v) is 16.5. The first-order chi connectivity index (χ1) is 14.7. The van der Waals surface area contributed by atoms with Crippen LogP contribution in [-0.2, 0) is 9.47 Å². The molecule has 9 nitrogen and oxygen atoms in total. The summed E-state index contributed by atoms with van der Waals surface area (Å²) in [6, 6.07) is 15.9. The Morgan fingerprint density at radius 2 is 1.83 bits per heavy atom. The molecule has 2 aliphatic rings. The Balaban J connectivity index is 0.000000313. The summed E-state index contributed by atoms with van der Waals surface area (Å²) in [5.74, 6) is 0. The van der Waals surface area contributed by atoms with Gasteiger partial charge in [-0.15, -0.1) is 0 Å². The molecule has 5 rings (SSSR count). The monoisotopic (exact) mass is 412 g/mol. The second-order valence-electron chi connectivity index (χ2n) is 6.94. The van der Waals surface area contributed by atoms with E-state index >= 15 is 0 Å². The van der Waals surface area contributed by atoms with E-state index in [4.69, 9.17) is 13.9 Å². The molecule has 158 valence electrons. The summed E-state index contributed by atoms with van der Waals surface area (Å²) >= 11 is 0. The third kappa shape index (κ3) is 4.76. The van der Waals surface area contributed by atoms with Crippen molar-refractivity contribution in [1.29, 1.82) is 0 Å². The van der Waals surface area contributed by atoms with Crippen molar-refractivity contribution in [3.05, 3.63) is 58.6 Å². The van der Waals surface area contributed by atoms with E-state index in [1.807, 2.05) is 48.5 Å². The number of hydrogen-bond donors (Lipinski definition) is 1. The lowest BCUT2D eigenvalue weighted by Gasteiger charge is -2.27. The Hall–Kier alpha value is -3.01. The molecule has 2 fully saturated rings. The van der Waals surface area contributed by atoms with Crippen LogP contribution in [0, 0.1) is 10.1 Å². The molecule has 1 N–H and O–H groups in total. The van der Waals surface area contributed by atoms with Crippen LogP contribution in [0.5, 0.6) is 0 Å². The average Bonchev–Trinajstić information content (AvgIpc) is 3.24. The topological polar surface area (TPSA) is 103 Å². The van der Waals surface area contributed by atoms with Crippen LogP contribution in [-0.4, -0.2) is 62.1 Å². The Morgan fingerprint density at radius 1 is 1.03 bits per heavy atom. The minimum absolute atomic E-state index is 0.0288. The molecule has 2 saturated heterocycles. The summed E-state index contributed by atoms with van der Waals surface area (Å²) in [5.41, 5.74) is 3.40. The average molecular weight is 412 g/mol. The number of aromatic nitrogens is 1. The van der Waals surface area contributed by atoms with Crippen LogP contribution in [0.25, 0.3) is 22.2 Å². The van der Waals surface area contributed by atoms with Crippen molar-refractivity contribution < 1.29 is 18.8 Å². The third-order valence-corrected chi connectivity index (χ3v) is 4.92. The minimum atomic E-state index is -0.972. The van der Waals surface area contributed by atoms with Gasteiger partial charge < -0.3 is 19.2 Å². The number of ether oxygens (including phenoxy) is 2. The second-order valence-corrected chi connectivity index (χ2v) is 6.94. The molecule has 0 radical (unpaired) electrons. The highest BCUT2D eigenvalue weighted by atomic mass is 16.6. The van der Waals surface area contributed by atoms with Gasteiger partial charge in [0.15, 0.2) is 5.58 Å². The smallest absolute Gasteiger partial charge is 0.313 e. The molecule has 0 spiro atoms. The minimum Gasteiger partial charge on any atom is -0.423 e. The van der Waals surface area contributed by atoms with Gasteiger partial charge >= 0.3 is 12.2 Å². The van der Waals surface area contributed by atoms with Crippen LogP contribution in [0.4, 0.5) is 6.01 Å². The molecule has 2 aromatic carbocycles. The van der Waals surface area contributed by atoms with Crippen molar-refractivity contribution in [2.45, 2.75) is 6.17 Å². The van der Waals surface area contributed by atoms with Gasteiger partial charge in [0.1, 0.15) is 12.1 Å². The molecule has 0 aliphatic carbocycles. The zero-order chi connectivity index (χ0) is 20.8. The molecule has 2 aliphatic heterocycles. The van der Waals surface area contributed by atoms with Crippen LogP contribution in [0.2, 0.25) is 0 Å². The summed E-state index contributed by atoms with van der Waals surface area (Å²) in [7, 11) is 0. The highest BCUT2D eigenvalue weighted by Gasteiger charge is 2.35. The molecule has 3 heterocycles. The van der Waals surface area contributed by atoms with Crippen LogP contribution in [0.3, 0.4) is 0 Å². The lowest BCUT2D eigenvalue weighted by molar-refractivity contribution is -0.529. The Labute approximate surface area is 173 Å². The molecule has 1 aromatic heterocycles. The molecule has 0 bridgehead atoms. The molecular formula is C21H24N4O5. The molecule has 1 unspecified atom stereocenters. The van der Waals surface area contributed by atoms with Gasteiger partial charge in [-0.25, -0.2) is 0 Å². The maximum atomic E-state index is 11.2. The van der Waals surface area contributed by atoms with Crippen molar-refractivity contribution >= 4 is 17.1 Å². The van der Waals surface area contributed by atoms with E-state index in [2.05, 4.69) is 10.3 Å². The first-order valence-electron chi connectivity index (χ1n) is 9.95. The van der Waals surface area contributed by atoms with Gasteiger partial charge in [-0.1, -0.05) is 36.4 Å². The fourth-order valence-electron chi connectivity index (χ4n) is 3.35. The van der Waals surface area contributed by atoms with E-state index in [1.54, 1.807) is 4.90 Å². The van der Waals surface area contributed by atoms with Gasteiger partial charge in [0.05, 0.1) is 26.4 Å². The molecule has 3 aromatic rings. The van der Waals surface area contributed by atoms with Gasteiger partial charge in [-0.2, -0.15) is 4.98 Å². The van der Waals surface area contributed by atoms with Gasteiger partial charge in [0.25, 0.3) is 0 Å². The quantitative estimate of drug-likeness (QED) is 0.517. The van der Waals surface area contributed by atoms with E-state index in [0.29, 0.717) is 24.3 Å². The van der Waals surface area contributed by atoms with Gasteiger partial charge in [-0.3, -0.25) is 15.0 Å². The van der Waals surface area contributed by atoms with Crippen molar-refractivity contribution in [2.24, 2.45) is 0 Å². The SMILES string of the molecule is C1COCCN1.O=[N+]([O-])C1COCCN1c1nc2cc(-c3ccccc3)ccc2o1. The Kier molecular flexibility index (Phi) is 6.53. The lowest BCUT2D eigenvalue weighted by Crippen LogP contribution is -2.50. The number of rotatable bonds is 3. The van der Waals surface area contributed by atoms with E-state index in [-0.39, 0.29) is 17.5 Å². The lowest BCUT2D eigenvalue weighted by atomic mass is 10.1. The largest absolute Gasteiger partial charge is 0.423 e. The fraction of sp³-hybridized carbons (Fsp3) is 0.381. The van der Waals surface area contributed by atoms with Crippen molar-refractivity contribution in [3.63, 3.8) is 0 Å². The highest BCUT2D eigenvalue weighted by Crippen LogP contribution is 2.28. The summed E-state index contributed by atoms with van der Waals surface area (Å²) in [4.78, 5) is 16.8. The standard InChI is InChI=1S/C17H15N3O4.C4H9NO/c21-20(22)16-11-23-9-8-19(16)17-18-14-10-13(6-7-15(14)24-17)12-4-2-1-3-5-12;1-3-6-4-2-5-1/h1-7,10,16H,8-9,11H2;5H,1-4H2. The number of anilines is 1. The van der Waals surface area contributed by atoms with E-state index < -0.39 is 6.17 Å². The van der Waals surface area contributed by atoms with E-state index in [1.165, 1.54) is 0 Å². The first-order valence-corrected chi connectivity index (χ1v) is 9.95. The molecule has 0 saturated carbocycles.